The highest BCUT2D eigenvalue weighted by Gasteiger charge is 2.13. The van der Waals surface area contributed by atoms with Crippen LogP contribution in [-0.2, 0) is 14.8 Å². The number of ether oxygens (including phenoxy) is 1. The molecule has 0 amide bonds. The van der Waals surface area contributed by atoms with Crippen molar-refractivity contribution < 1.29 is 13.2 Å². The number of rotatable bonds is 10. The zero-order chi connectivity index (χ0) is 17.8. The molecule has 136 valence electrons. The third-order valence-corrected chi connectivity index (χ3v) is 4.56. The molecule has 3 N–H and O–H groups in total. The van der Waals surface area contributed by atoms with Gasteiger partial charge in [0.2, 0.25) is 10.0 Å². The number of sulfonamides is 1. The molecule has 0 fully saturated rings. The fraction of sp³-hybridized carbons (Fsp3) is 0.533. The molecule has 1 aromatic carbocycles. The van der Waals surface area contributed by atoms with E-state index in [1.807, 2.05) is 13.8 Å². The molecule has 9 heteroatoms. The Morgan fingerprint density at radius 3 is 2.71 bits per heavy atom. The monoisotopic (exact) mass is 376 g/mol. The molecule has 0 unspecified atom stereocenters. The second kappa shape index (κ2) is 11.2. The molecular formula is C15H25ClN4O3S. The summed E-state index contributed by atoms with van der Waals surface area (Å²) in [5, 5.41) is 6.58. The molecule has 0 aromatic heterocycles. The number of hydrogen-bond donors (Lipinski definition) is 3. The molecule has 7 nitrogen and oxygen atoms in total. The summed E-state index contributed by atoms with van der Waals surface area (Å²) in [4.78, 5) is 4.45. The van der Waals surface area contributed by atoms with Crippen LogP contribution in [0.3, 0.4) is 0 Å². The van der Waals surface area contributed by atoms with Gasteiger partial charge in [-0.15, -0.1) is 0 Å². The third kappa shape index (κ3) is 7.96. The first kappa shape index (κ1) is 20.7. The fourth-order valence-electron chi connectivity index (χ4n) is 1.79. The van der Waals surface area contributed by atoms with Crippen LogP contribution in [0.4, 0.5) is 0 Å². The van der Waals surface area contributed by atoms with Gasteiger partial charge in [-0.1, -0.05) is 17.7 Å². The van der Waals surface area contributed by atoms with Crippen molar-refractivity contribution >= 4 is 27.6 Å². The van der Waals surface area contributed by atoms with Gasteiger partial charge in [0, 0.05) is 31.3 Å². The van der Waals surface area contributed by atoms with Crippen LogP contribution in [0, 0.1) is 0 Å². The van der Waals surface area contributed by atoms with Crippen LogP contribution in [-0.4, -0.2) is 53.8 Å². The van der Waals surface area contributed by atoms with Crippen LogP contribution < -0.4 is 15.4 Å². The van der Waals surface area contributed by atoms with Gasteiger partial charge in [0.25, 0.3) is 0 Å². The molecular weight excluding hydrogens is 352 g/mol. The van der Waals surface area contributed by atoms with E-state index in [0.717, 1.165) is 0 Å². The van der Waals surface area contributed by atoms with Gasteiger partial charge in [0.05, 0.1) is 18.0 Å². The second-order valence-corrected chi connectivity index (χ2v) is 6.94. The van der Waals surface area contributed by atoms with Gasteiger partial charge in [-0.05, 0) is 32.0 Å². The van der Waals surface area contributed by atoms with E-state index >= 15 is 0 Å². The van der Waals surface area contributed by atoms with Gasteiger partial charge in [-0.25, -0.2) is 13.1 Å². The molecule has 0 saturated heterocycles. The second-order valence-electron chi connectivity index (χ2n) is 4.74. The minimum Gasteiger partial charge on any atom is -0.380 e. The van der Waals surface area contributed by atoms with E-state index in [2.05, 4.69) is 20.3 Å². The van der Waals surface area contributed by atoms with Crippen molar-refractivity contribution in [2.45, 2.75) is 18.7 Å². The van der Waals surface area contributed by atoms with E-state index in [9.17, 15) is 8.42 Å². The minimum atomic E-state index is -3.58. The van der Waals surface area contributed by atoms with Crippen LogP contribution in [0.2, 0.25) is 5.02 Å². The maximum absolute atomic E-state index is 12.1. The van der Waals surface area contributed by atoms with Crippen molar-refractivity contribution in [1.29, 1.82) is 0 Å². The van der Waals surface area contributed by atoms with Crippen LogP contribution in [0.15, 0.2) is 34.2 Å². The number of benzene rings is 1. The zero-order valence-electron chi connectivity index (χ0n) is 14.0. The summed E-state index contributed by atoms with van der Waals surface area (Å²) in [7, 11) is -3.58. The summed E-state index contributed by atoms with van der Waals surface area (Å²) >= 11 is 5.82. The first-order valence-corrected chi connectivity index (χ1v) is 9.71. The Labute approximate surface area is 148 Å². The molecule has 0 saturated carbocycles. The first-order valence-electron chi connectivity index (χ1n) is 7.84. The van der Waals surface area contributed by atoms with E-state index in [1.54, 1.807) is 12.1 Å². The van der Waals surface area contributed by atoms with Crippen molar-refractivity contribution in [3.05, 3.63) is 29.3 Å². The quantitative estimate of drug-likeness (QED) is 0.324. The van der Waals surface area contributed by atoms with Gasteiger partial charge in [0.1, 0.15) is 0 Å². The van der Waals surface area contributed by atoms with E-state index < -0.39 is 10.0 Å². The predicted octanol–water partition coefficient (Wildman–Crippen LogP) is 1.21. The number of nitrogens with one attached hydrogen (secondary N) is 3. The van der Waals surface area contributed by atoms with Gasteiger partial charge < -0.3 is 15.4 Å². The Hall–Kier alpha value is -1.35. The summed E-state index contributed by atoms with van der Waals surface area (Å²) in [5.74, 6) is 0.624. The normalized spacial score (nSPS) is 12.2. The predicted molar refractivity (Wildman–Crippen MR) is 97.1 cm³/mol. The lowest BCUT2D eigenvalue weighted by molar-refractivity contribution is 0.152. The van der Waals surface area contributed by atoms with Crippen molar-refractivity contribution in [2.75, 3.05) is 39.4 Å². The van der Waals surface area contributed by atoms with Crippen molar-refractivity contribution in [1.82, 2.24) is 15.4 Å². The lowest BCUT2D eigenvalue weighted by Crippen LogP contribution is -2.39. The molecule has 0 bridgehead atoms. The molecule has 1 aromatic rings. The molecule has 0 heterocycles. The molecule has 0 aliphatic rings. The number of hydrogen-bond acceptors (Lipinski definition) is 4. The van der Waals surface area contributed by atoms with E-state index in [4.69, 9.17) is 16.3 Å². The summed E-state index contributed by atoms with van der Waals surface area (Å²) in [5.41, 5.74) is 0. The Balaban J connectivity index is 2.48. The highest BCUT2D eigenvalue weighted by molar-refractivity contribution is 7.89. The van der Waals surface area contributed by atoms with Gasteiger partial charge in [0.15, 0.2) is 5.96 Å². The maximum atomic E-state index is 12.1. The smallest absolute Gasteiger partial charge is 0.240 e. The van der Waals surface area contributed by atoms with Crippen molar-refractivity contribution in [2.24, 2.45) is 4.99 Å². The number of halogens is 1. The third-order valence-electron chi connectivity index (χ3n) is 2.87. The zero-order valence-corrected chi connectivity index (χ0v) is 15.6. The Morgan fingerprint density at radius 2 is 2.04 bits per heavy atom. The van der Waals surface area contributed by atoms with E-state index in [-0.39, 0.29) is 11.4 Å². The Kier molecular flexibility index (Phi) is 9.70. The fourth-order valence-corrected chi connectivity index (χ4v) is 3.11. The lowest BCUT2D eigenvalue weighted by atomic mass is 10.4. The molecule has 0 radical (unpaired) electrons. The summed E-state index contributed by atoms with van der Waals surface area (Å²) in [6.07, 6.45) is 0. The minimum absolute atomic E-state index is 0.140. The number of aliphatic imine (C=N–C) groups is 1. The first-order chi connectivity index (χ1) is 11.5. The van der Waals surface area contributed by atoms with Gasteiger partial charge >= 0.3 is 0 Å². The Bertz CT molecular complexity index is 623. The summed E-state index contributed by atoms with van der Waals surface area (Å²) in [6.45, 7) is 7.00. The van der Waals surface area contributed by atoms with Gasteiger partial charge in [-0.2, -0.15) is 0 Å². The van der Waals surface area contributed by atoms with Crippen molar-refractivity contribution in [3.63, 3.8) is 0 Å². The standard InChI is InChI=1S/C15H25ClN4O3S/c1-3-17-15(19-10-11-23-4-2)18-8-9-20-24(21,22)14-7-5-6-13(16)12-14/h5-7,12,20H,3-4,8-11H2,1-2H3,(H2,17,18,19). The molecule has 0 aliphatic carbocycles. The van der Waals surface area contributed by atoms with Crippen molar-refractivity contribution in [3.8, 4) is 0 Å². The average molecular weight is 377 g/mol. The molecule has 24 heavy (non-hydrogen) atoms. The SMILES string of the molecule is CCNC(=NCCNS(=O)(=O)c1cccc(Cl)c1)NCCOCC. The highest BCUT2D eigenvalue weighted by Crippen LogP contribution is 2.14. The summed E-state index contributed by atoms with van der Waals surface area (Å²) in [6, 6.07) is 6.13. The Morgan fingerprint density at radius 1 is 1.25 bits per heavy atom. The largest absolute Gasteiger partial charge is 0.380 e. The maximum Gasteiger partial charge on any atom is 0.240 e. The van der Waals surface area contributed by atoms with Crippen LogP contribution in [0.25, 0.3) is 0 Å². The molecule has 0 aliphatic heterocycles. The number of nitrogens with zero attached hydrogens (tertiary/aromatic N) is 1. The van der Waals surface area contributed by atoms with Crippen LogP contribution in [0.5, 0.6) is 0 Å². The molecule has 0 atom stereocenters. The highest BCUT2D eigenvalue weighted by atomic mass is 35.5. The van der Waals surface area contributed by atoms with Gasteiger partial charge in [-0.3, -0.25) is 4.99 Å². The van der Waals surface area contributed by atoms with Crippen LogP contribution >= 0.6 is 11.6 Å². The molecule has 1 rings (SSSR count). The number of guanidine groups is 1. The average Bonchev–Trinajstić information content (AvgIpc) is 2.55. The summed E-state index contributed by atoms with van der Waals surface area (Å²) < 4.78 is 32.0. The van der Waals surface area contributed by atoms with Crippen LogP contribution in [0.1, 0.15) is 13.8 Å². The van der Waals surface area contributed by atoms with E-state index in [0.29, 0.717) is 43.8 Å². The lowest BCUT2D eigenvalue weighted by Gasteiger charge is -2.11. The molecule has 0 spiro atoms. The van der Waals surface area contributed by atoms with E-state index in [1.165, 1.54) is 12.1 Å². The topological polar surface area (TPSA) is 91.8 Å².